The molecule has 0 saturated heterocycles. The van der Waals surface area contributed by atoms with Crippen molar-refractivity contribution in [3.63, 3.8) is 0 Å². The van der Waals surface area contributed by atoms with E-state index in [-0.39, 0.29) is 5.02 Å². The van der Waals surface area contributed by atoms with Gasteiger partial charge in [-0.3, -0.25) is 10.1 Å². The number of halogens is 1. The van der Waals surface area contributed by atoms with Gasteiger partial charge in [0.25, 0.3) is 5.69 Å². The maximum absolute atomic E-state index is 11.8. The van der Waals surface area contributed by atoms with Crippen molar-refractivity contribution in [2.75, 3.05) is 0 Å². The van der Waals surface area contributed by atoms with Crippen LogP contribution in [0.2, 0.25) is 5.02 Å². The summed E-state index contributed by atoms with van der Waals surface area (Å²) in [6.45, 7) is 1.32. The molecule has 0 saturated carbocycles. The summed E-state index contributed by atoms with van der Waals surface area (Å²) in [7, 11) is -4.14. The zero-order valence-electron chi connectivity index (χ0n) is 9.12. The van der Waals surface area contributed by atoms with Crippen LogP contribution in [-0.2, 0) is 10.0 Å². The lowest BCUT2D eigenvalue weighted by Gasteiger charge is -2.08. The Hall–Kier alpha value is -1.69. The van der Waals surface area contributed by atoms with Crippen LogP contribution >= 0.6 is 11.6 Å². The second-order valence-corrected chi connectivity index (χ2v) is 5.46. The van der Waals surface area contributed by atoms with Crippen LogP contribution in [-0.4, -0.2) is 19.4 Å². The lowest BCUT2D eigenvalue weighted by Crippen LogP contribution is -2.31. The van der Waals surface area contributed by atoms with Crippen LogP contribution in [0.1, 0.15) is 6.92 Å². The predicted octanol–water partition coefficient (Wildman–Crippen LogP) is 1.44. The zero-order valence-corrected chi connectivity index (χ0v) is 10.7. The van der Waals surface area contributed by atoms with Crippen molar-refractivity contribution in [1.82, 2.24) is 4.72 Å². The molecular formula is C9H8ClN3O4S. The number of rotatable bonds is 4. The molecule has 18 heavy (non-hydrogen) atoms. The van der Waals surface area contributed by atoms with Crippen LogP contribution < -0.4 is 4.72 Å². The third-order valence-electron chi connectivity index (χ3n) is 1.93. The molecule has 0 aliphatic rings. The Labute approximate surface area is 108 Å². The van der Waals surface area contributed by atoms with Crippen molar-refractivity contribution in [2.45, 2.75) is 17.9 Å². The summed E-state index contributed by atoms with van der Waals surface area (Å²) in [6, 6.07) is 3.85. The molecule has 0 amide bonds. The highest BCUT2D eigenvalue weighted by atomic mass is 35.5. The number of nitro benzene ring substituents is 1. The normalized spacial score (nSPS) is 12.7. The number of nitriles is 1. The largest absolute Gasteiger partial charge is 0.290 e. The van der Waals surface area contributed by atoms with Gasteiger partial charge in [-0.25, -0.2) is 8.42 Å². The average Bonchev–Trinajstić information content (AvgIpc) is 2.27. The summed E-state index contributed by atoms with van der Waals surface area (Å²) in [6.07, 6.45) is 0. The van der Waals surface area contributed by atoms with Gasteiger partial charge in [0, 0.05) is 11.1 Å². The monoisotopic (exact) mass is 289 g/mol. The maximum Gasteiger partial charge on any atom is 0.290 e. The topological polar surface area (TPSA) is 113 Å². The van der Waals surface area contributed by atoms with Gasteiger partial charge in [-0.15, -0.1) is 0 Å². The van der Waals surface area contributed by atoms with Gasteiger partial charge in [-0.2, -0.15) is 9.98 Å². The molecule has 7 nitrogen and oxygen atoms in total. The van der Waals surface area contributed by atoms with E-state index in [9.17, 15) is 18.5 Å². The SMILES string of the molecule is CC(C#N)NS(=O)(=O)c1ccc(Cl)cc1[N+](=O)[O-]. The molecule has 0 heterocycles. The van der Waals surface area contributed by atoms with Crippen molar-refractivity contribution < 1.29 is 13.3 Å². The van der Waals surface area contributed by atoms with Gasteiger partial charge >= 0.3 is 0 Å². The Morgan fingerprint density at radius 1 is 1.56 bits per heavy atom. The minimum absolute atomic E-state index is 0.0500. The van der Waals surface area contributed by atoms with E-state index in [1.165, 1.54) is 13.0 Å². The fourth-order valence-electron chi connectivity index (χ4n) is 1.18. The Morgan fingerprint density at radius 2 is 2.17 bits per heavy atom. The summed E-state index contributed by atoms with van der Waals surface area (Å²) in [5.74, 6) is 0. The van der Waals surface area contributed by atoms with Gasteiger partial charge in [-0.1, -0.05) is 11.6 Å². The predicted molar refractivity (Wildman–Crippen MR) is 63.5 cm³/mol. The van der Waals surface area contributed by atoms with Crippen molar-refractivity contribution in [1.29, 1.82) is 5.26 Å². The summed E-state index contributed by atoms with van der Waals surface area (Å²) in [5, 5.41) is 19.4. The van der Waals surface area contributed by atoms with E-state index in [1.54, 1.807) is 6.07 Å². The molecule has 1 rings (SSSR count). The van der Waals surface area contributed by atoms with Crippen LogP contribution in [0.25, 0.3) is 0 Å². The Balaban J connectivity index is 3.34. The molecule has 0 aliphatic heterocycles. The van der Waals surface area contributed by atoms with E-state index in [0.29, 0.717) is 0 Å². The van der Waals surface area contributed by atoms with Crippen LogP contribution in [0.4, 0.5) is 5.69 Å². The summed E-state index contributed by atoms with van der Waals surface area (Å²) in [4.78, 5) is 9.39. The van der Waals surface area contributed by atoms with Gasteiger partial charge in [0.1, 0.15) is 6.04 Å². The summed E-state index contributed by atoms with van der Waals surface area (Å²) >= 11 is 5.57. The molecule has 1 unspecified atom stereocenters. The van der Waals surface area contributed by atoms with E-state index < -0.39 is 31.6 Å². The number of benzene rings is 1. The first kappa shape index (κ1) is 14.4. The Bertz CT molecular complexity index is 623. The summed E-state index contributed by atoms with van der Waals surface area (Å²) < 4.78 is 25.7. The van der Waals surface area contributed by atoms with Crippen molar-refractivity contribution in [2.24, 2.45) is 0 Å². The zero-order chi connectivity index (χ0) is 13.9. The molecule has 0 fully saturated rings. The van der Waals surface area contributed by atoms with Crippen molar-refractivity contribution in [3.05, 3.63) is 33.3 Å². The number of nitro groups is 1. The highest BCUT2D eigenvalue weighted by Gasteiger charge is 2.27. The standard InChI is InChI=1S/C9H8ClN3O4S/c1-6(5-11)12-18(16,17)9-3-2-7(10)4-8(9)13(14)15/h2-4,6,12H,1H3. The molecule has 1 N–H and O–H groups in total. The first-order chi connectivity index (χ1) is 8.27. The lowest BCUT2D eigenvalue weighted by molar-refractivity contribution is -0.387. The van der Waals surface area contributed by atoms with E-state index in [4.69, 9.17) is 16.9 Å². The Kier molecular flexibility index (Phi) is 4.24. The van der Waals surface area contributed by atoms with E-state index >= 15 is 0 Å². The van der Waals surface area contributed by atoms with Gasteiger partial charge < -0.3 is 0 Å². The minimum Gasteiger partial charge on any atom is -0.258 e. The molecule has 0 aromatic heterocycles. The lowest BCUT2D eigenvalue weighted by atomic mass is 10.3. The number of sulfonamides is 1. The number of hydrogen-bond donors (Lipinski definition) is 1. The van der Waals surface area contributed by atoms with E-state index in [1.807, 2.05) is 4.72 Å². The first-order valence-corrected chi connectivity index (χ1v) is 6.50. The number of nitrogens with one attached hydrogen (secondary N) is 1. The molecule has 1 aromatic carbocycles. The minimum atomic E-state index is -4.14. The molecule has 0 radical (unpaired) electrons. The van der Waals surface area contributed by atoms with Gasteiger partial charge in [0.2, 0.25) is 10.0 Å². The number of nitrogens with zero attached hydrogens (tertiary/aromatic N) is 2. The third-order valence-corrected chi connectivity index (χ3v) is 3.76. The first-order valence-electron chi connectivity index (χ1n) is 4.64. The molecule has 1 atom stereocenters. The van der Waals surface area contributed by atoms with Crippen molar-refractivity contribution in [3.8, 4) is 6.07 Å². The number of hydrogen-bond acceptors (Lipinski definition) is 5. The van der Waals surface area contributed by atoms with Crippen LogP contribution in [0.5, 0.6) is 0 Å². The molecular weight excluding hydrogens is 282 g/mol. The molecule has 9 heteroatoms. The maximum atomic E-state index is 11.8. The smallest absolute Gasteiger partial charge is 0.258 e. The quantitative estimate of drug-likeness (QED) is 0.665. The average molecular weight is 290 g/mol. The second kappa shape index (κ2) is 5.30. The Morgan fingerprint density at radius 3 is 2.67 bits per heavy atom. The van der Waals surface area contributed by atoms with Gasteiger partial charge in [-0.05, 0) is 19.1 Å². The van der Waals surface area contributed by atoms with Crippen LogP contribution in [0.3, 0.4) is 0 Å². The van der Waals surface area contributed by atoms with Gasteiger partial charge in [0.15, 0.2) is 4.90 Å². The molecule has 0 spiro atoms. The van der Waals surface area contributed by atoms with Crippen LogP contribution in [0, 0.1) is 21.4 Å². The molecule has 96 valence electrons. The molecule has 0 bridgehead atoms. The summed E-state index contributed by atoms with van der Waals surface area (Å²) in [5.41, 5.74) is -0.639. The highest BCUT2D eigenvalue weighted by Crippen LogP contribution is 2.27. The fraction of sp³-hybridized carbons (Fsp3) is 0.222. The molecule has 0 aliphatic carbocycles. The van der Waals surface area contributed by atoms with Crippen LogP contribution in [0.15, 0.2) is 23.1 Å². The third kappa shape index (κ3) is 3.16. The molecule has 1 aromatic rings. The van der Waals surface area contributed by atoms with Gasteiger partial charge in [0.05, 0.1) is 11.0 Å². The van der Waals surface area contributed by atoms with Crippen molar-refractivity contribution >= 4 is 27.3 Å². The van der Waals surface area contributed by atoms with E-state index in [2.05, 4.69) is 0 Å². The second-order valence-electron chi connectivity index (χ2n) is 3.34. The van der Waals surface area contributed by atoms with E-state index in [0.717, 1.165) is 12.1 Å². The highest BCUT2D eigenvalue weighted by molar-refractivity contribution is 7.89. The fourth-order valence-corrected chi connectivity index (χ4v) is 2.65.